The van der Waals surface area contributed by atoms with Gasteiger partial charge in [0, 0.05) is 12.8 Å². The lowest BCUT2D eigenvalue weighted by atomic mass is 9.78. The van der Waals surface area contributed by atoms with Crippen LogP contribution in [0.4, 0.5) is 0 Å². The Kier molecular flexibility index (Phi) is 12.5. The highest BCUT2D eigenvalue weighted by Gasteiger charge is 2.54. The summed E-state index contributed by atoms with van der Waals surface area (Å²) in [6, 6.07) is 16.1. The Hall–Kier alpha value is -5.05. The van der Waals surface area contributed by atoms with Crippen molar-refractivity contribution >= 4 is 29.7 Å². The molecule has 13 heteroatoms. The maximum Gasteiger partial charge on any atom is 0.336 e. The van der Waals surface area contributed by atoms with Gasteiger partial charge in [-0.3, -0.25) is 9.59 Å². The molecule has 1 aliphatic carbocycles. The largest absolute Gasteiger partial charge is 0.504 e. The van der Waals surface area contributed by atoms with Gasteiger partial charge in [0.2, 0.25) is 0 Å². The van der Waals surface area contributed by atoms with E-state index in [1.54, 1.807) is 0 Å². The highest BCUT2D eigenvalue weighted by molar-refractivity contribution is 5.97. The molecule has 1 heterocycles. The van der Waals surface area contributed by atoms with Gasteiger partial charge in [-0.2, -0.15) is 0 Å². The predicted molar refractivity (Wildman–Crippen MR) is 186 cm³/mol. The van der Waals surface area contributed by atoms with E-state index in [1.165, 1.54) is 48.6 Å². The zero-order chi connectivity index (χ0) is 37.4. The van der Waals surface area contributed by atoms with Crippen LogP contribution in [-0.4, -0.2) is 96.5 Å². The molecule has 1 saturated carbocycles. The maximum absolute atomic E-state index is 13.8. The summed E-state index contributed by atoms with van der Waals surface area (Å²) in [6.45, 7) is -0.991. The summed E-state index contributed by atoms with van der Waals surface area (Å²) >= 11 is 0. The van der Waals surface area contributed by atoms with Gasteiger partial charge in [-0.15, -0.1) is 0 Å². The van der Waals surface area contributed by atoms with Crippen LogP contribution in [0, 0.1) is 5.92 Å². The van der Waals surface area contributed by atoms with Crippen molar-refractivity contribution in [2.75, 3.05) is 13.2 Å². The van der Waals surface area contributed by atoms with Gasteiger partial charge in [0.05, 0.1) is 25.4 Å². The van der Waals surface area contributed by atoms with Gasteiger partial charge in [0.1, 0.15) is 18.8 Å². The van der Waals surface area contributed by atoms with Gasteiger partial charge < -0.3 is 50.0 Å². The molecular formula is C39H42O13. The van der Waals surface area contributed by atoms with Crippen molar-refractivity contribution in [1.29, 1.82) is 0 Å². The third-order valence-corrected chi connectivity index (χ3v) is 9.40. The molecule has 5 rings (SSSR count). The molecule has 0 bridgehead atoms. The van der Waals surface area contributed by atoms with Gasteiger partial charge in [-0.05, 0) is 83.9 Å². The van der Waals surface area contributed by atoms with E-state index in [1.807, 2.05) is 30.3 Å². The van der Waals surface area contributed by atoms with Crippen molar-refractivity contribution in [3.8, 4) is 23.0 Å². The molecule has 1 saturated heterocycles. The van der Waals surface area contributed by atoms with Gasteiger partial charge in [-0.1, -0.05) is 48.6 Å². The second-order valence-electron chi connectivity index (χ2n) is 13.1. The highest BCUT2D eigenvalue weighted by atomic mass is 16.6. The lowest BCUT2D eigenvalue weighted by Gasteiger charge is -2.46. The summed E-state index contributed by atoms with van der Waals surface area (Å²) in [5.74, 6) is -4.33. The summed E-state index contributed by atoms with van der Waals surface area (Å²) in [5.41, 5.74) is -0.0440. The number of phenols is 4. The van der Waals surface area contributed by atoms with Crippen molar-refractivity contribution in [2.24, 2.45) is 5.92 Å². The van der Waals surface area contributed by atoms with Gasteiger partial charge in [-0.25, -0.2) is 4.79 Å². The number of fused-ring (bicyclic) bond motifs is 1. The second-order valence-corrected chi connectivity index (χ2v) is 13.1. The minimum Gasteiger partial charge on any atom is -0.504 e. The normalized spacial score (nSPS) is 25.0. The molecule has 52 heavy (non-hydrogen) atoms. The minimum absolute atomic E-state index is 0.152. The maximum atomic E-state index is 13.8. The number of aliphatic carboxylic acids is 1. The number of hydrogen-bond donors (Lipinski definition) is 7. The molecule has 0 unspecified atom stereocenters. The highest BCUT2D eigenvalue weighted by Crippen LogP contribution is 2.39. The number of rotatable bonds is 13. The summed E-state index contributed by atoms with van der Waals surface area (Å²) < 4.78 is 18.2. The van der Waals surface area contributed by atoms with Gasteiger partial charge in [0.25, 0.3) is 0 Å². The molecule has 13 nitrogen and oxygen atoms in total. The van der Waals surface area contributed by atoms with Crippen molar-refractivity contribution in [1.82, 2.24) is 0 Å². The fourth-order valence-electron chi connectivity index (χ4n) is 6.51. The topological polar surface area (TPSA) is 221 Å². The quantitative estimate of drug-likeness (QED) is 0.0993. The second kappa shape index (κ2) is 17.0. The number of ketones is 2. The summed E-state index contributed by atoms with van der Waals surface area (Å²) in [4.78, 5) is 39.2. The first-order valence-electron chi connectivity index (χ1n) is 16.8. The summed E-state index contributed by atoms with van der Waals surface area (Å²) in [5, 5.41) is 70.4. The van der Waals surface area contributed by atoms with E-state index in [0.717, 1.165) is 11.6 Å². The van der Waals surface area contributed by atoms with Gasteiger partial charge >= 0.3 is 5.97 Å². The monoisotopic (exact) mass is 718 g/mol. The Morgan fingerprint density at radius 3 is 2.33 bits per heavy atom. The van der Waals surface area contributed by atoms with Crippen molar-refractivity contribution < 1.29 is 64.3 Å². The number of carbonyl (C=O) groups is 3. The molecular weight excluding hydrogens is 676 g/mol. The van der Waals surface area contributed by atoms with E-state index in [2.05, 4.69) is 0 Å². The number of benzene rings is 3. The van der Waals surface area contributed by atoms with E-state index in [4.69, 9.17) is 14.2 Å². The zero-order valence-electron chi connectivity index (χ0n) is 28.2. The number of ether oxygens (including phenoxy) is 3. The van der Waals surface area contributed by atoms with Crippen molar-refractivity contribution in [3.63, 3.8) is 0 Å². The number of aliphatic hydroxyl groups excluding tert-OH is 2. The Labute approximate surface area is 299 Å². The first kappa shape index (κ1) is 38.2. The molecule has 1 aliphatic heterocycles. The van der Waals surface area contributed by atoms with Crippen molar-refractivity contribution in [3.05, 3.63) is 95.1 Å². The minimum atomic E-state index is -2.07. The van der Waals surface area contributed by atoms with E-state index >= 15 is 0 Å². The molecule has 0 spiro atoms. The SMILES string of the molecule is O=C(/C=C/c1ccc(O)c(O)c1)CO[C@@]1(C(=O)O)C[C@@H](O)[C@H]2OC[C@H](CCc3ccccc3)C[C@@H](C(=O)/C=C/c3cc(O)c(O)cc3CO)O[C@@H]2C1. The molecule has 2 fully saturated rings. The van der Waals surface area contributed by atoms with E-state index in [-0.39, 0.29) is 48.0 Å². The Morgan fingerprint density at radius 2 is 1.62 bits per heavy atom. The van der Waals surface area contributed by atoms with Crippen LogP contribution < -0.4 is 0 Å². The number of hydrogen-bond acceptors (Lipinski definition) is 12. The van der Waals surface area contributed by atoms with E-state index in [9.17, 15) is 50.1 Å². The number of phenolic OH excluding ortho intramolecular Hbond substituents is 4. The Morgan fingerprint density at radius 1 is 0.885 bits per heavy atom. The standard InChI is InChI=1S/C39H42O13/c40-20-27-17-33(46)32(45)16-26(27)10-13-30(43)35-15-25(7-6-23-4-2-1-3-5-23)21-50-37-34(47)18-39(38(48)49,19-36(37)52-35)51-22-28(41)11-8-24-9-12-29(42)31(44)14-24/h1-5,8-14,16-17,25,34-37,40,42,44-47H,6-7,15,18-22H2,(H,48,49)/b11-8+,13-10+/t25-,34-,35+,36-,37-,39+/m1/s1. The molecule has 3 aromatic carbocycles. The van der Waals surface area contributed by atoms with Crippen LogP contribution in [0.3, 0.4) is 0 Å². The fraction of sp³-hybridized carbons (Fsp3) is 0.359. The van der Waals surface area contributed by atoms with Crippen LogP contribution in [0.15, 0.2) is 72.8 Å². The number of carbonyl (C=O) groups excluding carboxylic acids is 2. The molecule has 2 aliphatic rings. The van der Waals surface area contributed by atoms with Crippen LogP contribution in [0.2, 0.25) is 0 Å². The van der Waals surface area contributed by atoms with E-state index < -0.39 is 78.7 Å². The zero-order valence-corrected chi connectivity index (χ0v) is 28.2. The molecule has 0 radical (unpaired) electrons. The third kappa shape index (κ3) is 9.43. The fourth-order valence-corrected chi connectivity index (χ4v) is 6.51. The Balaban J connectivity index is 1.36. The van der Waals surface area contributed by atoms with E-state index in [0.29, 0.717) is 18.4 Å². The smallest absolute Gasteiger partial charge is 0.336 e. The number of carboxylic acids is 1. The molecule has 276 valence electrons. The molecule has 0 amide bonds. The van der Waals surface area contributed by atoms with Crippen LogP contribution in [0.1, 0.15) is 47.9 Å². The average molecular weight is 719 g/mol. The van der Waals surface area contributed by atoms with Gasteiger partial charge in [0.15, 0.2) is 40.2 Å². The Bertz CT molecular complexity index is 1800. The molecule has 6 atom stereocenters. The van der Waals surface area contributed by atoms with Crippen LogP contribution in [-0.2, 0) is 41.6 Å². The summed E-state index contributed by atoms with van der Waals surface area (Å²) in [7, 11) is 0. The predicted octanol–water partition coefficient (Wildman–Crippen LogP) is 3.65. The number of carboxylic acid groups (broad SMARTS) is 1. The van der Waals surface area contributed by atoms with Crippen LogP contribution in [0.5, 0.6) is 23.0 Å². The number of aliphatic hydroxyl groups is 2. The first-order valence-corrected chi connectivity index (χ1v) is 16.8. The molecule has 0 aromatic heterocycles. The average Bonchev–Trinajstić information content (AvgIpc) is 3.11. The number of aromatic hydroxyl groups is 4. The third-order valence-electron chi connectivity index (χ3n) is 9.40. The lowest BCUT2D eigenvalue weighted by molar-refractivity contribution is -0.230. The van der Waals surface area contributed by atoms with Crippen molar-refractivity contribution in [2.45, 2.75) is 68.7 Å². The molecule has 7 N–H and O–H groups in total. The lowest BCUT2D eigenvalue weighted by Crippen LogP contribution is -2.60. The number of aryl methyl sites for hydroxylation is 1. The molecule has 3 aromatic rings. The first-order chi connectivity index (χ1) is 24.9. The van der Waals surface area contributed by atoms with Crippen LogP contribution >= 0.6 is 0 Å². The summed E-state index contributed by atoms with van der Waals surface area (Å²) in [6.07, 6.45) is 1.16. The van der Waals surface area contributed by atoms with Crippen LogP contribution in [0.25, 0.3) is 12.2 Å².